The molecule has 0 radical (unpaired) electrons. The lowest BCUT2D eigenvalue weighted by Crippen LogP contribution is -2.46. The Kier molecular flexibility index (Phi) is 6.81. The van der Waals surface area contributed by atoms with Crippen LogP contribution in [0.25, 0.3) is 0 Å². The van der Waals surface area contributed by atoms with E-state index in [0.717, 1.165) is 0 Å². The molecule has 0 aliphatic rings. The van der Waals surface area contributed by atoms with Crippen molar-refractivity contribution in [3.8, 4) is 0 Å². The second-order valence-corrected chi connectivity index (χ2v) is 7.14. The summed E-state index contributed by atoms with van der Waals surface area (Å²) >= 11 is 2.86. The highest BCUT2D eigenvalue weighted by Gasteiger charge is 2.50. The molecular weight excluding hydrogens is 391 g/mol. The minimum Gasteiger partial charge on any atom is -0.389 e. The average Bonchev–Trinajstić information content (AvgIpc) is 2.45. The molecule has 0 aliphatic heterocycles. The summed E-state index contributed by atoms with van der Waals surface area (Å²) in [6.45, 7) is -1.36. The van der Waals surface area contributed by atoms with Crippen molar-refractivity contribution in [2.45, 2.75) is 17.7 Å². The first-order chi connectivity index (χ1) is 10.1. The molecule has 0 amide bonds. The first kappa shape index (κ1) is 19.4. The number of alkyl halides is 4. The summed E-state index contributed by atoms with van der Waals surface area (Å²) in [6, 6.07) is 7.76. The van der Waals surface area contributed by atoms with Gasteiger partial charge >= 0.3 is 15.5 Å². The summed E-state index contributed by atoms with van der Waals surface area (Å²) < 4.78 is 60.7. The molecule has 1 aromatic carbocycles. The number of sulfonamides is 1. The summed E-state index contributed by atoms with van der Waals surface area (Å²) in [5.41, 5.74) is -5.19. The molecule has 1 aromatic rings. The Morgan fingerprint density at radius 3 is 2.18 bits per heavy atom. The molecule has 0 bridgehead atoms. The monoisotopic (exact) mass is 405 g/mol. The zero-order chi connectivity index (χ0) is 17.0. The Bertz CT molecular complexity index is 567. The van der Waals surface area contributed by atoms with Crippen LogP contribution in [0.4, 0.5) is 13.2 Å². The Balaban J connectivity index is 2.92. The fraction of sp³-hybridized carbons (Fsp3) is 0.500. The summed E-state index contributed by atoms with van der Waals surface area (Å²) in [5, 5.41) is 19.7. The molecule has 0 aromatic heterocycles. The van der Waals surface area contributed by atoms with Crippen molar-refractivity contribution in [2.24, 2.45) is 0 Å². The number of hydrogen-bond donors (Lipinski definition) is 2. The van der Waals surface area contributed by atoms with E-state index in [0.29, 0.717) is 0 Å². The van der Waals surface area contributed by atoms with Crippen LogP contribution >= 0.6 is 15.9 Å². The van der Waals surface area contributed by atoms with Crippen LogP contribution in [-0.4, -0.2) is 53.0 Å². The Hall–Kier alpha value is -0.680. The lowest BCUT2D eigenvalue weighted by molar-refractivity contribution is -0.0515. The topological polar surface area (TPSA) is 77.8 Å². The van der Waals surface area contributed by atoms with E-state index >= 15 is 0 Å². The van der Waals surface area contributed by atoms with Gasteiger partial charge in [-0.05, 0) is 5.56 Å². The standard InChI is InChI=1S/C12H15BrF3NO4S/c13-6-7-17(22(20,21)12(14,15)16)8-10(18)11(19)9-4-2-1-3-5-9/h1-5,10-11,18-19H,6-8H2/t10-,11-/m0/s1. The van der Waals surface area contributed by atoms with E-state index in [1.165, 1.54) is 12.1 Å². The third-order valence-electron chi connectivity index (χ3n) is 2.86. The third kappa shape index (κ3) is 4.66. The van der Waals surface area contributed by atoms with E-state index in [1.807, 2.05) is 0 Å². The van der Waals surface area contributed by atoms with E-state index < -0.39 is 40.8 Å². The lowest BCUT2D eigenvalue weighted by Gasteiger charge is -2.27. The van der Waals surface area contributed by atoms with Crippen molar-refractivity contribution in [1.29, 1.82) is 0 Å². The molecule has 0 fully saturated rings. The molecule has 0 saturated heterocycles. The van der Waals surface area contributed by atoms with E-state index in [-0.39, 0.29) is 15.2 Å². The highest BCUT2D eigenvalue weighted by Crippen LogP contribution is 2.28. The van der Waals surface area contributed by atoms with Gasteiger partial charge in [-0.25, -0.2) is 8.42 Å². The highest BCUT2D eigenvalue weighted by molar-refractivity contribution is 9.09. The SMILES string of the molecule is O=S(=O)(N(CCBr)C[C@H](O)[C@@H](O)c1ccccc1)C(F)(F)F. The van der Waals surface area contributed by atoms with Crippen LogP contribution in [0.3, 0.4) is 0 Å². The van der Waals surface area contributed by atoms with E-state index in [1.54, 1.807) is 18.2 Å². The van der Waals surface area contributed by atoms with Crippen LogP contribution in [0, 0.1) is 0 Å². The maximum absolute atomic E-state index is 12.6. The molecule has 0 unspecified atom stereocenters. The third-order valence-corrected chi connectivity index (χ3v) is 4.81. The van der Waals surface area contributed by atoms with Gasteiger partial charge in [0, 0.05) is 18.4 Å². The molecule has 0 saturated carbocycles. The van der Waals surface area contributed by atoms with Crippen molar-refractivity contribution >= 4 is 26.0 Å². The maximum atomic E-state index is 12.6. The second kappa shape index (κ2) is 7.73. The van der Waals surface area contributed by atoms with Crippen molar-refractivity contribution in [1.82, 2.24) is 4.31 Å². The summed E-state index contributed by atoms with van der Waals surface area (Å²) in [6.07, 6.45) is -3.19. The minimum absolute atomic E-state index is 0.0452. The van der Waals surface area contributed by atoms with Gasteiger partial charge in [-0.2, -0.15) is 17.5 Å². The first-order valence-electron chi connectivity index (χ1n) is 6.14. The maximum Gasteiger partial charge on any atom is 0.511 e. The smallest absolute Gasteiger partial charge is 0.389 e. The molecule has 0 heterocycles. The van der Waals surface area contributed by atoms with Gasteiger partial charge in [0.2, 0.25) is 0 Å². The molecule has 5 nitrogen and oxygen atoms in total. The molecule has 126 valence electrons. The van der Waals surface area contributed by atoms with Gasteiger partial charge in [0.1, 0.15) is 6.10 Å². The quantitative estimate of drug-likeness (QED) is 0.675. The molecule has 2 atom stereocenters. The van der Waals surface area contributed by atoms with E-state index in [2.05, 4.69) is 15.9 Å². The average molecular weight is 406 g/mol. The lowest BCUT2D eigenvalue weighted by atomic mass is 10.0. The molecule has 2 N–H and O–H groups in total. The predicted octanol–water partition coefficient (Wildman–Crippen LogP) is 1.63. The van der Waals surface area contributed by atoms with Crippen LogP contribution in [0.2, 0.25) is 0 Å². The predicted molar refractivity (Wildman–Crippen MR) is 77.8 cm³/mol. The van der Waals surface area contributed by atoms with Crippen molar-refractivity contribution < 1.29 is 31.8 Å². The van der Waals surface area contributed by atoms with E-state index in [9.17, 15) is 31.8 Å². The molecule has 1 rings (SSSR count). The number of nitrogens with zero attached hydrogens (tertiary/aromatic N) is 1. The van der Waals surface area contributed by atoms with Crippen LogP contribution < -0.4 is 0 Å². The van der Waals surface area contributed by atoms with Crippen molar-refractivity contribution in [3.63, 3.8) is 0 Å². The van der Waals surface area contributed by atoms with Gasteiger partial charge in [0.25, 0.3) is 0 Å². The fourth-order valence-corrected chi connectivity index (χ4v) is 3.37. The Labute approximate surface area is 134 Å². The van der Waals surface area contributed by atoms with Crippen LogP contribution in [0.1, 0.15) is 11.7 Å². The largest absolute Gasteiger partial charge is 0.511 e. The van der Waals surface area contributed by atoms with Crippen LogP contribution in [0.5, 0.6) is 0 Å². The van der Waals surface area contributed by atoms with Gasteiger partial charge in [0.15, 0.2) is 0 Å². The number of hydrogen-bond acceptors (Lipinski definition) is 4. The molecule has 22 heavy (non-hydrogen) atoms. The number of benzene rings is 1. The van der Waals surface area contributed by atoms with Gasteiger partial charge in [-0.1, -0.05) is 46.3 Å². The van der Waals surface area contributed by atoms with Gasteiger partial charge in [-0.15, -0.1) is 0 Å². The zero-order valence-corrected chi connectivity index (χ0v) is 13.6. The van der Waals surface area contributed by atoms with Crippen molar-refractivity contribution in [2.75, 3.05) is 18.4 Å². The van der Waals surface area contributed by atoms with Crippen LogP contribution in [-0.2, 0) is 10.0 Å². The van der Waals surface area contributed by atoms with Crippen LogP contribution in [0.15, 0.2) is 30.3 Å². The summed E-state index contributed by atoms with van der Waals surface area (Å²) in [4.78, 5) is 0. The molecule has 0 spiro atoms. The van der Waals surface area contributed by atoms with Gasteiger partial charge in [-0.3, -0.25) is 0 Å². The second-order valence-electron chi connectivity index (χ2n) is 4.42. The normalized spacial score (nSPS) is 15.8. The Morgan fingerprint density at radius 2 is 1.73 bits per heavy atom. The molecule has 0 aliphatic carbocycles. The number of rotatable bonds is 7. The first-order valence-corrected chi connectivity index (χ1v) is 8.71. The summed E-state index contributed by atoms with van der Waals surface area (Å²) in [5.74, 6) is 0. The van der Waals surface area contributed by atoms with Gasteiger partial charge in [0.05, 0.1) is 6.10 Å². The van der Waals surface area contributed by atoms with E-state index in [4.69, 9.17) is 0 Å². The Morgan fingerprint density at radius 1 is 1.18 bits per heavy atom. The fourth-order valence-electron chi connectivity index (χ4n) is 1.73. The number of aliphatic hydroxyl groups is 2. The molecule has 10 heteroatoms. The summed E-state index contributed by atoms with van der Waals surface area (Å²) in [7, 11) is -5.58. The van der Waals surface area contributed by atoms with Gasteiger partial charge < -0.3 is 10.2 Å². The zero-order valence-electron chi connectivity index (χ0n) is 11.2. The molecular formula is C12H15BrF3NO4S. The highest BCUT2D eigenvalue weighted by atomic mass is 79.9. The minimum atomic E-state index is -5.58. The number of aliphatic hydroxyl groups excluding tert-OH is 2. The van der Waals surface area contributed by atoms with Crippen molar-refractivity contribution in [3.05, 3.63) is 35.9 Å². The number of halogens is 4.